The lowest BCUT2D eigenvalue weighted by atomic mass is 10.3. The monoisotopic (exact) mass is 318 g/mol. The van der Waals surface area contributed by atoms with Crippen LogP contribution in [0.3, 0.4) is 0 Å². The number of carbonyl (C=O) groups excluding carboxylic acids is 1. The minimum absolute atomic E-state index is 0.0367. The molecular formula is C12H18N2O4S2. The molecule has 0 aliphatic carbocycles. The Bertz CT molecular complexity index is 541. The van der Waals surface area contributed by atoms with Gasteiger partial charge in [-0.1, -0.05) is 0 Å². The van der Waals surface area contributed by atoms with Crippen LogP contribution in [0.1, 0.15) is 0 Å². The maximum absolute atomic E-state index is 11.9. The highest BCUT2D eigenvalue weighted by atomic mass is 32.2. The van der Waals surface area contributed by atoms with E-state index in [2.05, 4.69) is 5.32 Å². The second-order valence-corrected chi connectivity index (χ2v) is 7.39. The average molecular weight is 318 g/mol. The molecule has 1 rings (SSSR count). The molecule has 0 saturated carbocycles. The maximum atomic E-state index is 11.9. The summed E-state index contributed by atoms with van der Waals surface area (Å²) < 4.78 is 24.8. The van der Waals surface area contributed by atoms with Gasteiger partial charge in [-0.15, -0.1) is 11.8 Å². The molecule has 20 heavy (non-hydrogen) atoms. The Balaban J connectivity index is 2.66. The fourth-order valence-electron chi connectivity index (χ4n) is 1.35. The fraction of sp³-hybridized carbons (Fsp3) is 0.417. The van der Waals surface area contributed by atoms with E-state index in [0.29, 0.717) is 11.4 Å². The number of hydrogen-bond donors (Lipinski definition) is 2. The SMILES string of the molecule is CN(C)S(=O)(=O)c1ccc(NC(=O)CSCCO)cc1. The Morgan fingerprint density at radius 1 is 1.30 bits per heavy atom. The van der Waals surface area contributed by atoms with Gasteiger partial charge in [0.25, 0.3) is 0 Å². The number of nitrogens with zero attached hydrogens (tertiary/aromatic N) is 1. The zero-order chi connectivity index (χ0) is 15.2. The van der Waals surface area contributed by atoms with Gasteiger partial charge in [-0.2, -0.15) is 0 Å². The minimum atomic E-state index is -3.45. The van der Waals surface area contributed by atoms with Crippen molar-refractivity contribution in [2.24, 2.45) is 0 Å². The summed E-state index contributed by atoms with van der Waals surface area (Å²) in [7, 11) is -0.528. The number of carbonyl (C=O) groups is 1. The number of benzene rings is 1. The summed E-state index contributed by atoms with van der Waals surface area (Å²) in [5, 5.41) is 11.3. The first-order valence-corrected chi connectivity index (χ1v) is 8.48. The third kappa shape index (κ3) is 4.78. The van der Waals surface area contributed by atoms with Crippen molar-refractivity contribution in [2.75, 3.05) is 37.5 Å². The van der Waals surface area contributed by atoms with Crippen LogP contribution >= 0.6 is 11.8 Å². The van der Waals surface area contributed by atoms with Crippen LogP contribution in [0.2, 0.25) is 0 Å². The molecule has 2 N–H and O–H groups in total. The highest BCUT2D eigenvalue weighted by Crippen LogP contribution is 2.16. The summed E-state index contributed by atoms with van der Waals surface area (Å²) in [6.07, 6.45) is 0. The predicted molar refractivity (Wildman–Crippen MR) is 80.4 cm³/mol. The molecule has 1 amide bonds. The number of thioether (sulfide) groups is 1. The maximum Gasteiger partial charge on any atom is 0.242 e. The molecule has 0 heterocycles. The number of aliphatic hydroxyl groups is 1. The Hall–Kier alpha value is -1.09. The number of amides is 1. The quantitative estimate of drug-likeness (QED) is 0.719. The van der Waals surface area contributed by atoms with Gasteiger partial charge in [-0.05, 0) is 24.3 Å². The van der Waals surface area contributed by atoms with Crippen LogP contribution in [0.5, 0.6) is 0 Å². The van der Waals surface area contributed by atoms with Gasteiger partial charge in [-0.25, -0.2) is 12.7 Å². The smallest absolute Gasteiger partial charge is 0.242 e. The number of anilines is 1. The summed E-state index contributed by atoms with van der Waals surface area (Å²) in [6, 6.07) is 5.99. The number of aliphatic hydroxyl groups excluding tert-OH is 1. The normalized spacial score (nSPS) is 11.6. The lowest BCUT2D eigenvalue weighted by Crippen LogP contribution is -2.22. The van der Waals surface area contributed by atoms with Crippen LogP contribution in [-0.4, -0.2) is 55.9 Å². The summed E-state index contributed by atoms with van der Waals surface area (Å²) in [5.74, 6) is 0.567. The number of nitrogens with one attached hydrogen (secondary N) is 1. The number of sulfonamides is 1. The molecule has 0 bridgehead atoms. The van der Waals surface area contributed by atoms with Gasteiger partial charge in [0, 0.05) is 25.5 Å². The van der Waals surface area contributed by atoms with Crippen LogP contribution in [0.15, 0.2) is 29.2 Å². The second-order valence-electron chi connectivity index (χ2n) is 4.14. The summed E-state index contributed by atoms with van der Waals surface area (Å²) in [4.78, 5) is 11.7. The van der Waals surface area contributed by atoms with Crippen LogP contribution in [0.4, 0.5) is 5.69 Å². The Morgan fingerprint density at radius 3 is 2.40 bits per heavy atom. The van der Waals surface area contributed by atoms with Crippen molar-refractivity contribution in [1.29, 1.82) is 0 Å². The van der Waals surface area contributed by atoms with Crippen molar-refractivity contribution in [1.82, 2.24) is 4.31 Å². The largest absolute Gasteiger partial charge is 0.396 e. The molecule has 0 aromatic heterocycles. The van der Waals surface area contributed by atoms with E-state index in [0.717, 1.165) is 4.31 Å². The summed E-state index contributed by atoms with van der Waals surface area (Å²) >= 11 is 1.33. The van der Waals surface area contributed by atoms with E-state index in [-0.39, 0.29) is 23.2 Å². The van der Waals surface area contributed by atoms with Crippen LogP contribution < -0.4 is 5.32 Å². The van der Waals surface area contributed by atoms with Crippen LogP contribution in [0, 0.1) is 0 Å². The summed E-state index contributed by atoms with van der Waals surface area (Å²) in [5.41, 5.74) is 0.539. The molecule has 0 aliphatic rings. The van der Waals surface area contributed by atoms with Gasteiger partial charge in [0.05, 0.1) is 17.3 Å². The van der Waals surface area contributed by atoms with Gasteiger partial charge in [0.2, 0.25) is 15.9 Å². The van der Waals surface area contributed by atoms with Gasteiger partial charge in [0.15, 0.2) is 0 Å². The summed E-state index contributed by atoms with van der Waals surface area (Å²) in [6.45, 7) is 0.0367. The third-order valence-corrected chi connectivity index (χ3v) is 5.15. The fourth-order valence-corrected chi connectivity index (χ4v) is 2.78. The first-order chi connectivity index (χ1) is 9.37. The standard InChI is InChI=1S/C12H18N2O4S2/c1-14(2)20(17,18)11-5-3-10(4-6-11)13-12(16)9-19-8-7-15/h3-6,15H,7-9H2,1-2H3,(H,13,16). The Labute approximate surface area is 123 Å². The molecule has 0 saturated heterocycles. The predicted octanol–water partition coefficient (Wildman–Crippen LogP) is 0.601. The van der Waals surface area contributed by atoms with E-state index in [1.165, 1.54) is 38.0 Å². The molecule has 1 aromatic rings. The first-order valence-electron chi connectivity index (χ1n) is 5.89. The van der Waals surface area contributed by atoms with Crippen molar-refractivity contribution in [3.8, 4) is 0 Å². The van der Waals surface area contributed by atoms with Crippen molar-refractivity contribution in [3.05, 3.63) is 24.3 Å². The van der Waals surface area contributed by atoms with E-state index in [9.17, 15) is 13.2 Å². The van der Waals surface area contributed by atoms with Crippen molar-refractivity contribution >= 4 is 33.4 Å². The highest BCUT2D eigenvalue weighted by Gasteiger charge is 2.16. The topological polar surface area (TPSA) is 86.7 Å². The molecule has 8 heteroatoms. The molecule has 1 aromatic carbocycles. The zero-order valence-electron chi connectivity index (χ0n) is 11.4. The van der Waals surface area contributed by atoms with Gasteiger partial charge in [-0.3, -0.25) is 4.79 Å². The van der Waals surface area contributed by atoms with E-state index in [1.54, 1.807) is 12.1 Å². The highest BCUT2D eigenvalue weighted by molar-refractivity contribution is 7.99. The second kappa shape index (κ2) is 7.63. The van der Waals surface area contributed by atoms with Crippen molar-refractivity contribution in [3.63, 3.8) is 0 Å². The molecule has 0 aliphatic heterocycles. The van der Waals surface area contributed by atoms with E-state index in [1.807, 2.05) is 0 Å². The average Bonchev–Trinajstić information content (AvgIpc) is 2.39. The van der Waals surface area contributed by atoms with E-state index >= 15 is 0 Å². The van der Waals surface area contributed by atoms with E-state index < -0.39 is 10.0 Å². The van der Waals surface area contributed by atoms with Gasteiger partial charge in [0.1, 0.15) is 0 Å². The lowest BCUT2D eigenvalue weighted by molar-refractivity contribution is -0.113. The molecule has 6 nitrogen and oxygen atoms in total. The van der Waals surface area contributed by atoms with Gasteiger partial charge < -0.3 is 10.4 Å². The molecule has 0 spiro atoms. The number of hydrogen-bond acceptors (Lipinski definition) is 5. The third-order valence-electron chi connectivity index (χ3n) is 2.39. The molecular weight excluding hydrogens is 300 g/mol. The van der Waals surface area contributed by atoms with E-state index in [4.69, 9.17) is 5.11 Å². The number of rotatable bonds is 7. The molecule has 0 unspecified atom stereocenters. The first kappa shape index (κ1) is 17.0. The van der Waals surface area contributed by atoms with Crippen molar-refractivity contribution in [2.45, 2.75) is 4.90 Å². The molecule has 0 atom stereocenters. The van der Waals surface area contributed by atoms with Crippen molar-refractivity contribution < 1.29 is 18.3 Å². The Morgan fingerprint density at radius 2 is 1.90 bits per heavy atom. The van der Waals surface area contributed by atoms with Crippen LogP contribution in [0.25, 0.3) is 0 Å². The Kier molecular flexibility index (Phi) is 6.47. The minimum Gasteiger partial charge on any atom is -0.396 e. The molecule has 0 radical (unpaired) electrons. The lowest BCUT2D eigenvalue weighted by Gasteiger charge is -2.12. The zero-order valence-corrected chi connectivity index (χ0v) is 13.0. The molecule has 112 valence electrons. The van der Waals surface area contributed by atoms with Gasteiger partial charge >= 0.3 is 0 Å². The molecule has 0 fully saturated rings. The van der Waals surface area contributed by atoms with Crippen LogP contribution in [-0.2, 0) is 14.8 Å².